The van der Waals surface area contributed by atoms with E-state index in [9.17, 15) is 9.90 Å². The molecule has 0 aliphatic rings. The minimum absolute atomic E-state index is 0.0113. The molecule has 1 heterocycles. The second-order valence-electron chi connectivity index (χ2n) is 5.50. The van der Waals surface area contributed by atoms with Crippen LogP contribution in [0.15, 0.2) is 24.4 Å². The zero-order valence-electron chi connectivity index (χ0n) is 13.3. The summed E-state index contributed by atoms with van der Waals surface area (Å²) in [4.78, 5) is 15.5. The molecule has 1 amide bonds. The largest absolute Gasteiger partial charge is 0.395 e. The molecule has 0 aliphatic carbocycles. The van der Waals surface area contributed by atoms with Crippen LogP contribution in [0.2, 0.25) is 0 Å². The number of rotatable bonds is 7. The standard InChI is InChI=1S/C17H24N2O2S/c1-4-12-6-5-7-14-13(9-18-17(12)14)8-16(21)19-11(2)15(10-20)22-3/h5-7,9,11,15,18,20H,4,8,10H2,1-3H3,(H,19,21). The summed E-state index contributed by atoms with van der Waals surface area (Å²) in [5.41, 5.74) is 3.40. The average molecular weight is 320 g/mol. The first-order valence-corrected chi connectivity index (χ1v) is 8.90. The molecule has 2 aromatic rings. The first kappa shape index (κ1) is 16.9. The molecule has 4 nitrogen and oxygen atoms in total. The second kappa shape index (κ2) is 7.70. The van der Waals surface area contributed by atoms with Crippen molar-refractivity contribution in [2.45, 2.75) is 38.0 Å². The molecule has 0 saturated heterocycles. The van der Waals surface area contributed by atoms with Gasteiger partial charge in [0, 0.05) is 28.4 Å². The lowest BCUT2D eigenvalue weighted by Crippen LogP contribution is -2.41. The molecular formula is C17H24N2O2S. The quantitative estimate of drug-likeness (QED) is 0.734. The molecule has 1 aromatic carbocycles. The number of hydrogen-bond donors (Lipinski definition) is 3. The number of aryl methyl sites for hydroxylation is 1. The van der Waals surface area contributed by atoms with Gasteiger partial charge in [0.25, 0.3) is 0 Å². The van der Waals surface area contributed by atoms with Crippen LogP contribution >= 0.6 is 11.8 Å². The van der Waals surface area contributed by atoms with E-state index >= 15 is 0 Å². The lowest BCUT2D eigenvalue weighted by atomic mass is 10.1. The van der Waals surface area contributed by atoms with Crippen molar-refractivity contribution in [1.82, 2.24) is 10.3 Å². The van der Waals surface area contributed by atoms with Crippen LogP contribution in [0.3, 0.4) is 0 Å². The van der Waals surface area contributed by atoms with Crippen LogP contribution in [0.4, 0.5) is 0 Å². The van der Waals surface area contributed by atoms with Crippen LogP contribution < -0.4 is 5.32 Å². The molecule has 0 fully saturated rings. The molecule has 0 bridgehead atoms. The van der Waals surface area contributed by atoms with Crippen molar-refractivity contribution in [3.63, 3.8) is 0 Å². The van der Waals surface area contributed by atoms with Gasteiger partial charge in [0.15, 0.2) is 0 Å². The highest BCUT2D eigenvalue weighted by molar-refractivity contribution is 7.99. The van der Waals surface area contributed by atoms with Crippen molar-refractivity contribution in [3.05, 3.63) is 35.5 Å². The van der Waals surface area contributed by atoms with E-state index in [1.54, 1.807) is 11.8 Å². The Balaban J connectivity index is 2.09. The molecule has 2 atom stereocenters. The Morgan fingerprint density at radius 3 is 2.82 bits per heavy atom. The number of benzene rings is 1. The van der Waals surface area contributed by atoms with E-state index in [1.165, 1.54) is 5.56 Å². The van der Waals surface area contributed by atoms with Gasteiger partial charge in [-0.3, -0.25) is 4.79 Å². The molecule has 3 N–H and O–H groups in total. The molecule has 22 heavy (non-hydrogen) atoms. The lowest BCUT2D eigenvalue weighted by molar-refractivity contribution is -0.121. The molecule has 2 unspecified atom stereocenters. The molecular weight excluding hydrogens is 296 g/mol. The number of hydrogen-bond acceptors (Lipinski definition) is 3. The maximum Gasteiger partial charge on any atom is 0.224 e. The average Bonchev–Trinajstić information content (AvgIpc) is 2.91. The highest BCUT2D eigenvalue weighted by Gasteiger charge is 2.18. The summed E-state index contributed by atoms with van der Waals surface area (Å²) < 4.78 is 0. The van der Waals surface area contributed by atoms with E-state index in [1.807, 2.05) is 25.4 Å². The molecule has 5 heteroatoms. The predicted molar refractivity (Wildman–Crippen MR) is 93.4 cm³/mol. The number of aliphatic hydroxyl groups is 1. The van der Waals surface area contributed by atoms with Crippen LogP contribution in [-0.2, 0) is 17.6 Å². The van der Waals surface area contributed by atoms with Crippen LogP contribution in [0, 0.1) is 0 Å². The van der Waals surface area contributed by atoms with Crippen LogP contribution in [0.1, 0.15) is 25.0 Å². The number of nitrogens with one attached hydrogen (secondary N) is 2. The van der Waals surface area contributed by atoms with Crippen molar-refractivity contribution in [2.75, 3.05) is 12.9 Å². The Morgan fingerprint density at radius 1 is 1.41 bits per heavy atom. The zero-order chi connectivity index (χ0) is 16.1. The number of amides is 1. The lowest BCUT2D eigenvalue weighted by Gasteiger charge is -2.21. The summed E-state index contributed by atoms with van der Waals surface area (Å²) in [5.74, 6) is -0.0113. The van der Waals surface area contributed by atoms with E-state index in [-0.39, 0.29) is 23.8 Å². The summed E-state index contributed by atoms with van der Waals surface area (Å²) >= 11 is 1.56. The van der Waals surface area contributed by atoms with Gasteiger partial charge >= 0.3 is 0 Å². The molecule has 0 aliphatic heterocycles. The van der Waals surface area contributed by atoms with Gasteiger partial charge in [-0.25, -0.2) is 0 Å². The van der Waals surface area contributed by atoms with E-state index in [4.69, 9.17) is 0 Å². The van der Waals surface area contributed by atoms with E-state index in [0.29, 0.717) is 6.42 Å². The minimum Gasteiger partial charge on any atom is -0.395 e. The van der Waals surface area contributed by atoms with Crippen molar-refractivity contribution < 1.29 is 9.90 Å². The van der Waals surface area contributed by atoms with Gasteiger partial charge in [-0.05, 0) is 30.7 Å². The number of aliphatic hydroxyl groups excluding tert-OH is 1. The molecule has 0 saturated carbocycles. The van der Waals surface area contributed by atoms with E-state index in [0.717, 1.165) is 22.9 Å². The van der Waals surface area contributed by atoms with Crippen LogP contribution in [-0.4, -0.2) is 40.2 Å². The number of carbonyl (C=O) groups is 1. The summed E-state index contributed by atoms with van der Waals surface area (Å²) in [7, 11) is 0. The van der Waals surface area contributed by atoms with E-state index in [2.05, 4.69) is 29.4 Å². The van der Waals surface area contributed by atoms with Crippen molar-refractivity contribution in [3.8, 4) is 0 Å². The SMILES string of the molecule is CCc1cccc2c(CC(=O)NC(C)C(CO)SC)c[nH]c12. The Kier molecular flexibility index (Phi) is 5.91. The Bertz CT molecular complexity index is 635. The van der Waals surface area contributed by atoms with Crippen molar-refractivity contribution in [2.24, 2.45) is 0 Å². The minimum atomic E-state index is -0.0519. The second-order valence-corrected chi connectivity index (χ2v) is 6.57. The van der Waals surface area contributed by atoms with Crippen LogP contribution in [0.5, 0.6) is 0 Å². The highest BCUT2D eigenvalue weighted by Crippen LogP contribution is 2.22. The fourth-order valence-electron chi connectivity index (χ4n) is 2.72. The molecule has 0 radical (unpaired) electrons. The van der Waals surface area contributed by atoms with Gasteiger partial charge in [0.1, 0.15) is 0 Å². The number of para-hydroxylation sites is 1. The van der Waals surface area contributed by atoms with Crippen molar-refractivity contribution >= 4 is 28.6 Å². The maximum absolute atomic E-state index is 12.2. The smallest absolute Gasteiger partial charge is 0.224 e. The third-order valence-electron chi connectivity index (χ3n) is 4.05. The topological polar surface area (TPSA) is 65.1 Å². The van der Waals surface area contributed by atoms with Gasteiger partial charge in [0.2, 0.25) is 5.91 Å². The third kappa shape index (κ3) is 3.65. The monoisotopic (exact) mass is 320 g/mol. The fourth-order valence-corrected chi connectivity index (χ4v) is 3.35. The maximum atomic E-state index is 12.2. The van der Waals surface area contributed by atoms with Gasteiger partial charge < -0.3 is 15.4 Å². The highest BCUT2D eigenvalue weighted by atomic mass is 32.2. The molecule has 0 spiro atoms. The number of fused-ring (bicyclic) bond motifs is 1. The number of aromatic amines is 1. The number of aromatic nitrogens is 1. The summed E-state index contributed by atoms with van der Waals surface area (Å²) in [6.07, 6.45) is 5.18. The number of H-pyrrole nitrogens is 1. The van der Waals surface area contributed by atoms with Gasteiger partial charge in [-0.1, -0.05) is 25.1 Å². The molecule has 1 aromatic heterocycles. The molecule has 2 rings (SSSR count). The number of thioether (sulfide) groups is 1. The van der Waals surface area contributed by atoms with Gasteiger partial charge in [-0.2, -0.15) is 11.8 Å². The van der Waals surface area contributed by atoms with Crippen molar-refractivity contribution in [1.29, 1.82) is 0 Å². The predicted octanol–water partition coefficient (Wildman–Crippen LogP) is 2.50. The molecule has 120 valence electrons. The third-order valence-corrected chi connectivity index (χ3v) is 5.21. The summed E-state index contributed by atoms with van der Waals surface area (Å²) in [5, 5.41) is 13.4. The first-order valence-electron chi connectivity index (χ1n) is 7.61. The first-order chi connectivity index (χ1) is 10.6. The Morgan fingerprint density at radius 2 is 2.18 bits per heavy atom. The van der Waals surface area contributed by atoms with Gasteiger partial charge in [-0.15, -0.1) is 0 Å². The Labute approximate surface area is 135 Å². The van der Waals surface area contributed by atoms with Gasteiger partial charge in [0.05, 0.1) is 13.0 Å². The fraction of sp³-hybridized carbons (Fsp3) is 0.471. The zero-order valence-corrected chi connectivity index (χ0v) is 14.2. The van der Waals surface area contributed by atoms with Crippen LogP contribution in [0.25, 0.3) is 10.9 Å². The number of carbonyl (C=O) groups excluding carboxylic acids is 1. The summed E-state index contributed by atoms with van der Waals surface area (Å²) in [6.45, 7) is 4.12. The normalized spacial score (nSPS) is 14.0. The van der Waals surface area contributed by atoms with E-state index < -0.39 is 0 Å². The summed E-state index contributed by atoms with van der Waals surface area (Å²) in [6, 6.07) is 6.14. The Hall–Kier alpha value is -1.46.